The zero-order valence-electron chi connectivity index (χ0n) is 13.2. The van der Waals surface area contributed by atoms with E-state index in [2.05, 4.69) is 78.8 Å². The lowest BCUT2D eigenvalue weighted by atomic mass is 9.89. The van der Waals surface area contributed by atoms with Gasteiger partial charge in [-0.2, -0.15) is 0 Å². The summed E-state index contributed by atoms with van der Waals surface area (Å²) in [7, 11) is 0. The normalized spacial score (nSPS) is 20.3. The minimum atomic E-state index is -0.262. The summed E-state index contributed by atoms with van der Waals surface area (Å²) in [6, 6.07) is 25.4. The van der Waals surface area contributed by atoms with E-state index in [4.69, 9.17) is 4.84 Å². The number of oxime groups is 1. The number of rotatable bonds is 3. The first-order valence-electron chi connectivity index (χ1n) is 8.00. The summed E-state index contributed by atoms with van der Waals surface area (Å²) < 4.78 is 0. The van der Waals surface area contributed by atoms with Crippen LogP contribution in [0.4, 0.5) is 0 Å². The Balaban J connectivity index is 1.56. The number of fused-ring (bicyclic) bond motifs is 1. The zero-order valence-corrected chi connectivity index (χ0v) is 13.2. The largest absolute Gasteiger partial charge is 0.388 e. The Morgan fingerprint density at radius 3 is 2.48 bits per heavy atom. The van der Waals surface area contributed by atoms with Crippen LogP contribution in [0.1, 0.15) is 24.5 Å². The number of benzene rings is 3. The Bertz CT molecular complexity index is 869. The van der Waals surface area contributed by atoms with Gasteiger partial charge in [-0.1, -0.05) is 71.9 Å². The molecule has 0 aromatic heterocycles. The molecule has 0 fully saturated rings. The molecule has 4 rings (SSSR count). The molecule has 0 aliphatic carbocycles. The standard InChI is InChI=1S/C21H19NO/c1-21(14-16-7-3-2-4-8-16)15-20(22-23-21)19-12-11-17-9-5-6-10-18(17)13-19/h2-13H,14-15H2,1H3. The molecule has 0 N–H and O–H groups in total. The molecule has 0 spiro atoms. The van der Waals surface area contributed by atoms with E-state index >= 15 is 0 Å². The Kier molecular flexibility index (Phi) is 3.38. The second-order valence-electron chi connectivity index (χ2n) is 6.48. The maximum Gasteiger partial charge on any atom is 0.144 e. The predicted molar refractivity (Wildman–Crippen MR) is 94.7 cm³/mol. The van der Waals surface area contributed by atoms with Crippen molar-refractivity contribution in [2.75, 3.05) is 0 Å². The van der Waals surface area contributed by atoms with Crippen molar-refractivity contribution >= 4 is 16.5 Å². The van der Waals surface area contributed by atoms with Gasteiger partial charge < -0.3 is 4.84 Å². The van der Waals surface area contributed by atoms with Crippen LogP contribution in [0, 0.1) is 0 Å². The Morgan fingerprint density at radius 2 is 1.65 bits per heavy atom. The highest BCUT2D eigenvalue weighted by Gasteiger charge is 2.34. The van der Waals surface area contributed by atoms with Gasteiger partial charge >= 0.3 is 0 Å². The number of hydrogen-bond acceptors (Lipinski definition) is 2. The number of nitrogens with zero attached hydrogens (tertiary/aromatic N) is 1. The predicted octanol–water partition coefficient (Wildman–Crippen LogP) is 4.97. The second kappa shape index (κ2) is 5.54. The fraction of sp³-hybridized carbons (Fsp3) is 0.190. The van der Waals surface area contributed by atoms with Crippen LogP contribution in [-0.4, -0.2) is 11.3 Å². The molecule has 1 aliphatic heterocycles. The summed E-state index contributed by atoms with van der Waals surface area (Å²) in [6.07, 6.45) is 1.70. The van der Waals surface area contributed by atoms with Crippen molar-refractivity contribution in [3.8, 4) is 0 Å². The molecule has 0 amide bonds. The third-order valence-electron chi connectivity index (χ3n) is 4.42. The van der Waals surface area contributed by atoms with Gasteiger partial charge in [-0.25, -0.2) is 0 Å². The molecule has 0 radical (unpaired) electrons. The van der Waals surface area contributed by atoms with Gasteiger partial charge in [-0.3, -0.25) is 0 Å². The second-order valence-corrected chi connectivity index (χ2v) is 6.48. The van der Waals surface area contributed by atoms with E-state index in [0.717, 1.165) is 24.1 Å². The lowest BCUT2D eigenvalue weighted by Crippen LogP contribution is -2.27. The molecule has 1 unspecified atom stereocenters. The monoisotopic (exact) mass is 301 g/mol. The average molecular weight is 301 g/mol. The molecule has 114 valence electrons. The maximum atomic E-state index is 5.81. The Labute approximate surface area is 136 Å². The molecule has 2 nitrogen and oxygen atoms in total. The van der Waals surface area contributed by atoms with Crippen molar-refractivity contribution in [3.63, 3.8) is 0 Å². The molecule has 1 aliphatic rings. The molecular formula is C21H19NO. The first kappa shape index (κ1) is 14.0. The van der Waals surface area contributed by atoms with E-state index in [1.165, 1.54) is 16.3 Å². The van der Waals surface area contributed by atoms with Crippen molar-refractivity contribution in [1.29, 1.82) is 0 Å². The fourth-order valence-corrected chi connectivity index (χ4v) is 3.23. The van der Waals surface area contributed by atoms with Crippen LogP contribution in [0.3, 0.4) is 0 Å². The summed E-state index contributed by atoms with van der Waals surface area (Å²) in [5.74, 6) is 0. The van der Waals surface area contributed by atoms with E-state index in [9.17, 15) is 0 Å². The molecule has 1 heterocycles. The molecule has 0 saturated heterocycles. The Hall–Kier alpha value is -2.61. The minimum absolute atomic E-state index is 0.262. The van der Waals surface area contributed by atoms with Gasteiger partial charge in [0.05, 0.1) is 5.71 Å². The molecule has 0 saturated carbocycles. The van der Waals surface area contributed by atoms with E-state index in [1.54, 1.807) is 0 Å². The molecule has 23 heavy (non-hydrogen) atoms. The van der Waals surface area contributed by atoms with E-state index in [0.29, 0.717) is 0 Å². The topological polar surface area (TPSA) is 21.6 Å². The average Bonchev–Trinajstić information content (AvgIpc) is 2.97. The first-order valence-corrected chi connectivity index (χ1v) is 8.00. The highest BCUT2D eigenvalue weighted by molar-refractivity contribution is 6.04. The highest BCUT2D eigenvalue weighted by Crippen LogP contribution is 2.30. The van der Waals surface area contributed by atoms with Crippen LogP contribution in [0.2, 0.25) is 0 Å². The van der Waals surface area contributed by atoms with Crippen molar-refractivity contribution in [2.24, 2.45) is 5.16 Å². The quantitative estimate of drug-likeness (QED) is 0.669. The first-order chi connectivity index (χ1) is 11.2. The van der Waals surface area contributed by atoms with Gasteiger partial charge in [0.25, 0.3) is 0 Å². The summed E-state index contributed by atoms with van der Waals surface area (Å²) in [5.41, 5.74) is 3.21. The van der Waals surface area contributed by atoms with Crippen LogP contribution in [-0.2, 0) is 11.3 Å². The smallest absolute Gasteiger partial charge is 0.144 e. The van der Waals surface area contributed by atoms with Crippen LogP contribution >= 0.6 is 0 Å². The summed E-state index contributed by atoms with van der Waals surface area (Å²) in [6.45, 7) is 2.14. The van der Waals surface area contributed by atoms with Crippen molar-refractivity contribution < 1.29 is 4.84 Å². The molecule has 2 heteroatoms. The van der Waals surface area contributed by atoms with E-state index in [-0.39, 0.29) is 5.60 Å². The van der Waals surface area contributed by atoms with Crippen molar-refractivity contribution in [2.45, 2.75) is 25.4 Å². The van der Waals surface area contributed by atoms with E-state index < -0.39 is 0 Å². The zero-order chi connectivity index (χ0) is 15.7. The Morgan fingerprint density at radius 1 is 0.913 bits per heavy atom. The molecule has 1 atom stereocenters. The summed E-state index contributed by atoms with van der Waals surface area (Å²) in [4.78, 5) is 5.81. The lowest BCUT2D eigenvalue weighted by Gasteiger charge is -2.21. The highest BCUT2D eigenvalue weighted by atomic mass is 16.7. The summed E-state index contributed by atoms with van der Waals surface area (Å²) in [5, 5.41) is 6.87. The third kappa shape index (κ3) is 2.85. The van der Waals surface area contributed by atoms with Crippen LogP contribution in [0.25, 0.3) is 10.8 Å². The van der Waals surface area contributed by atoms with Crippen molar-refractivity contribution in [1.82, 2.24) is 0 Å². The molecule has 0 bridgehead atoms. The maximum absolute atomic E-state index is 5.81. The SMILES string of the molecule is CC1(Cc2ccccc2)CC(c2ccc3ccccc3c2)=NO1. The third-order valence-corrected chi connectivity index (χ3v) is 4.42. The number of hydrogen-bond donors (Lipinski definition) is 0. The van der Waals surface area contributed by atoms with Crippen LogP contribution in [0.5, 0.6) is 0 Å². The fourth-order valence-electron chi connectivity index (χ4n) is 3.23. The molecular weight excluding hydrogens is 282 g/mol. The van der Waals surface area contributed by atoms with Crippen molar-refractivity contribution in [3.05, 3.63) is 83.9 Å². The summed E-state index contributed by atoms with van der Waals surface area (Å²) >= 11 is 0. The van der Waals surface area contributed by atoms with Gasteiger partial charge in [-0.15, -0.1) is 0 Å². The van der Waals surface area contributed by atoms with Crippen LogP contribution in [0.15, 0.2) is 78.0 Å². The van der Waals surface area contributed by atoms with Gasteiger partial charge in [0, 0.05) is 18.4 Å². The van der Waals surface area contributed by atoms with Gasteiger partial charge in [-0.05, 0) is 29.3 Å². The molecule has 3 aromatic rings. The lowest BCUT2D eigenvalue weighted by molar-refractivity contribution is -0.00282. The van der Waals surface area contributed by atoms with E-state index in [1.807, 2.05) is 6.07 Å². The van der Waals surface area contributed by atoms with Crippen LogP contribution < -0.4 is 0 Å². The minimum Gasteiger partial charge on any atom is -0.388 e. The van der Waals surface area contributed by atoms with Gasteiger partial charge in [0.1, 0.15) is 5.60 Å². The van der Waals surface area contributed by atoms with Gasteiger partial charge in [0.2, 0.25) is 0 Å². The van der Waals surface area contributed by atoms with Gasteiger partial charge in [0.15, 0.2) is 0 Å². The molecule has 3 aromatic carbocycles.